The number of carbonyl (C=O) groups excluding carboxylic acids is 2. The molecule has 132 valence electrons. The molecule has 0 unspecified atom stereocenters. The highest BCUT2D eigenvalue weighted by molar-refractivity contribution is 5.96. The molecule has 0 bridgehead atoms. The highest BCUT2D eigenvalue weighted by atomic mass is 16.3. The van der Waals surface area contributed by atoms with Gasteiger partial charge >= 0.3 is 0 Å². The molecule has 4 nitrogen and oxygen atoms in total. The minimum absolute atomic E-state index is 0.00744. The summed E-state index contributed by atoms with van der Waals surface area (Å²) in [4.78, 5) is 24.1. The topological polar surface area (TPSA) is 74.6 Å². The molecule has 0 aromatic heterocycles. The van der Waals surface area contributed by atoms with Gasteiger partial charge in [0.1, 0.15) is 12.4 Å². The molecular weight excluding hydrogens is 304 g/mol. The molecule has 0 amide bonds. The van der Waals surface area contributed by atoms with Gasteiger partial charge in [0.25, 0.3) is 0 Å². The summed E-state index contributed by atoms with van der Waals surface area (Å²) in [6.07, 6.45) is 5.22. The van der Waals surface area contributed by atoms with Crippen LogP contribution in [0, 0.1) is 29.1 Å². The second-order valence-electron chi connectivity index (χ2n) is 8.23. The lowest BCUT2D eigenvalue weighted by Crippen LogP contribution is -2.30. The molecule has 2 N–H and O–H groups in total. The zero-order chi connectivity index (χ0) is 17.6. The van der Waals surface area contributed by atoms with E-state index < -0.39 is 12.0 Å². The average molecular weight is 332 g/mol. The quantitative estimate of drug-likeness (QED) is 0.615. The molecule has 0 aliphatic heterocycles. The molecule has 0 heterocycles. The number of aliphatic hydroxyl groups excluding tert-OH is 2. The largest absolute Gasteiger partial charge is 0.396 e. The van der Waals surface area contributed by atoms with E-state index in [-0.39, 0.29) is 35.6 Å². The molecule has 6 atom stereocenters. The highest BCUT2D eigenvalue weighted by Gasteiger charge is 2.52. The lowest BCUT2D eigenvalue weighted by Gasteiger charge is -2.36. The van der Waals surface area contributed by atoms with Gasteiger partial charge in [-0.3, -0.25) is 9.59 Å². The fraction of sp³-hybridized carbons (Fsp3) is 0.700. The van der Waals surface area contributed by atoms with Crippen LogP contribution in [-0.4, -0.2) is 35.0 Å². The maximum Gasteiger partial charge on any atom is 0.169 e. The van der Waals surface area contributed by atoms with Gasteiger partial charge < -0.3 is 10.2 Å². The second kappa shape index (κ2) is 6.23. The van der Waals surface area contributed by atoms with Crippen molar-refractivity contribution in [1.82, 2.24) is 0 Å². The van der Waals surface area contributed by atoms with Crippen molar-refractivity contribution in [1.29, 1.82) is 0 Å². The van der Waals surface area contributed by atoms with Crippen molar-refractivity contribution in [3.63, 3.8) is 0 Å². The minimum atomic E-state index is -0.963. The van der Waals surface area contributed by atoms with Crippen LogP contribution in [-0.2, 0) is 9.59 Å². The van der Waals surface area contributed by atoms with Crippen molar-refractivity contribution in [3.05, 3.63) is 22.8 Å². The number of Topliss-reactive ketones (excluding diaryl/α,β-unsaturated/α-hetero) is 1. The number of hydrogen-bond acceptors (Lipinski definition) is 4. The Bertz CT molecular complexity index is 617. The van der Waals surface area contributed by atoms with Crippen molar-refractivity contribution in [2.75, 3.05) is 6.61 Å². The SMILES string of the molecule is C[C@H]1[C@H]2C[C@]3(C)CCC([C@H](C)CO)=C3C/C=C(\C=O)[C@@H]2C(=O)[C@H]1O. The summed E-state index contributed by atoms with van der Waals surface area (Å²) in [6, 6.07) is 0. The summed E-state index contributed by atoms with van der Waals surface area (Å²) in [5.74, 6) is -0.623. The molecule has 0 spiro atoms. The van der Waals surface area contributed by atoms with Gasteiger partial charge in [-0.25, -0.2) is 0 Å². The molecule has 0 aromatic carbocycles. The van der Waals surface area contributed by atoms with Gasteiger partial charge in [-0.05, 0) is 48.5 Å². The fourth-order valence-corrected chi connectivity index (χ4v) is 5.25. The molecule has 3 rings (SSSR count). The average Bonchev–Trinajstić information content (AvgIpc) is 2.97. The number of rotatable bonds is 3. The van der Waals surface area contributed by atoms with Crippen LogP contribution in [0.25, 0.3) is 0 Å². The Morgan fingerprint density at radius 1 is 1.46 bits per heavy atom. The van der Waals surface area contributed by atoms with Crippen molar-refractivity contribution < 1.29 is 19.8 Å². The predicted octanol–water partition coefficient (Wildman–Crippen LogP) is 2.44. The van der Waals surface area contributed by atoms with E-state index >= 15 is 0 Å². The maximum absolute atomic E-state index is 12.5. The molecule has 3 aliphatic carbocycles. The number of aldehydes is 1. The van der Waals surface area contributed by atoms with E-state index in [9.17, 15) is 19.8 Å². The molecule has 1 saturated carbocycles. The molecule has 4 heteroatoms. The lowest BCUT2D eigenvalue weighted by molar-refractivity contribution is -0.128. The zero-order valence-corrected chi connectivity index (χ0v) is 14.8. The maximum atomic E-state index is 12.5. The molecule has 24 heavy (non-hydrogen) atoms. The summed E-state index contributed by atoms with van der Waals surface area (Å²) in [5, 5.41) is 19.8. The Labute approximate surface area is 143 Å². The van der Waals surface area contributed by atoms with Gasteiger partial charge in [-0.15, -0.1) is 0 Å². The van der Waals surface area contributed by atoms with Crippen molar-refractivity contribution >= 4 is 12.1 Å². The first kappa shape index (κ1) is 17.6. The van der Waals surface area contributed by atoms with Crippen molar-refractivity contribution in [3.8, 4) is 0 Å². The van der Waals surface area contributed by atoms with Crippen LogP contribution in [0.5, 0.6) is 0 Å². The smallest absolute Gasteiger partial charge is 0.169 e. The molecule has 0 saturated heterocycles. The van der Waals surface area contributed by atoms with E-state index in [1.165, 1.54) is 11.1 Å². The first-order chi connectivity index (χ1) is 11.3. The van der Waals surface area contributed by atoms with Gasteiger partial charge in [0.2, 0.25) is 0 Å². The van der Waals surface area contributed by atoms with Gasteiger partial charge in [0.15, 0.2) is 5.78 Å². The number of aliphatic hydroxyl groups is 2. The first-order valence-corrected chi connectivity index (χ1v) is 9.04. The van der Waals surface area contributed by atoms with Crippen LogP contribution in [0.15, 0.2) is 22.8 Å². The van der Waals surface area contributed by atoms with Crippen molar-refractivity contribution in [2.45, 2.75) is 52.6 Å². The Hall–Kier alpha value is -1.26. The summed E-state index contributed by atoms with van der Waals surface area (Å²) < 4.78 is 0. The highest BCUT2D eigenvalue weighted by Crippen LogP contribution is 2.55. The first-order valence-electron chi connectivity index (χ1n) is 9.04. The number of fused-ring (bicyclic) bond motifs is 2. The third-order valence-corrected chi connectivity index (χ3v) is 6.85. The third kappa shape index (κ3) is 2.51. The fourth-order valence-electron chi connectivity index (χ4n) is 5.25. The minimum Gasteiger partial charge on any atom is -0.396 e. The summed E-state index contributed by atoms with van der Waals surface area (Å²) in [5.41, 5.74) is 3.18. The molecule has 0 aromatic rings. The molecule has 3 aliphatic rings. The summed E-state index contributed by atoms with van der Waals surface area (Å²) >= 11 is 0. The lowest BCUT2D eigenvalue weighted by atomic mass is 9.67. The van der Waals surface area contributed by atoms with E-state index in [1.54, 1.807) is 0 Å². The molecular formula is C20H28O4. The Morgan fingerprint density at radius 3 is 2.79 bits per heavy atom. The van der Waals surface area contributed by atoms with Crippen LogP contribution in [0.4, 0.5) is 0 Å². The van der Waals surface area contributed by atoms with Crippen LogP contribution < -0.4 is 0 Å². The third-order valence-electron chi connectivity index (χ3n) is 6.85. The van der Waals surface area contributed by atoms with E-state index in [1.807, 2.05) is 19.9 Å². The van der Waals surface area contributed by atoms with Gasteiger partial charge in [-0.1, -0.05) is 38.0 Å². The van der Waals surface area contributed by atoms with Crippen LogP contribution in [0.3, 0.4) is 0 Å². The van der Waals surface area contributed by atoms with Crippen molar-refractivity contribution in [2.24, 2.45) is 29.1 Å². The standard InChI is InChI=1S/C20H28O4/c1-11(9-21)14-6-7-20(3)8-15-12(2)18(23)19(24)17(15)13(10-22)4-5-16(14)20/h4,10-12,15,17-18,21,23H,5-9H2,1-3H3/b13-4+/t11-,12+,15-,17+,18+,20+/m1/s1. The summed E-state index contributed by atoms with van der Waals surface area (Å²) in [6.45, 7) is 6.36. The number of allylic oxidation sites excluding steroid dienone is 3. The van der Waals surface area contributed by atoms with E-state index in [2.05, 4.69) is 6.92 Å². The second-order valence-corrected chi connectivity index (χ2v) is 8.23. The number of carbonyl (C=O) groups is 2. The van der Waals surface area contributed by atoms with E-state index in [0.29, 0.717) is 12.0 Å². The van der Waals surface area contributed by atoms with Crippen LogP contribution >= 0.6 is 0 Å². The van der Waals surface area contributed by atoms with Gasteiger partial charge in [-0.2, -0.15) is 0 Å². The monoisotopic (exact) mass is 332 g/mol. The molecule has 0 radical (unpaired) electrons. The Kier molecular flexibility index (Phi) is 4.56. The van der Waals surface area contributed by atoms with Gasteiger partial charge in [0, 0.05) is 12.5 Å². The van der Waals surface area contributed by atoms with E-state index in [0.717, 1.165) is 25.5 Å². The summed E-state index contributed by atoms with van der Waals surface area (Å²) in [7, 11) is 0. The molecule has 1 fully saturated rings. The Morgan fingerprint density at radius 2 is 2.17 bits per heavy atom. The Balaban J connectivity index is 2.08. The van der Waals surface area contributed by atoms with Crippen LogP contribution in [0.2, 0.25) is 0 Å². The van der Waals surface area contributed by atoms with Gasteiger partial charge in [0.05, 0.1) is 5.92 Å². The van der Waals surface area contributed by atoms with Crippen LogP contribution in [0.1, 0.15) is 46.5 Å². The number of ketones is 1. The predicted molar refractivity (Wildman–Crippen MR) is 91.2 cm³/mol. The van der Waals surface area contributed by atoms with E-state index in [4.69, 9.17) is 0 Å². The normalized spacial score (nSPS) is 42.7. The zero-order valence-electron chi connectivity index (χ0n) is 14.8. The number of hydrogen-bond donors (Lipinski definition) is 2.